The van der Waals surface area contributed by atoms with Crippen LogP contribution in [0.3, 0.4) is 0 Å². The number of ether oxygens (including phenoxy) is 3. The van der Waals surface area contributed by atoms with Gasteiger partial charge in [-0.2, -0.15) is 0 Å². The smallest absolute Gasteiger partial charge is 0.306 e. The van der Waals surface area contributed by atoms with Gasteiger partial charge in [0.15, 0.2) is 6.10 Å². The summed E-state index contributed by atoms with van der Waals surface area (Å²) in [6.07, 6.45) is 33.7. The van der Waals surface area contributed by atoms with E-state index in [2.05, 4.69) is 32.9 Å². The van der Waals surface area contributed by atoms with Gasteiger partial charge in [0.2, 0.25) is 0 Å². The molecule has 0 aromatic rings. The fourth-order valence-corrected chi connectivity index (χ4v) is 5.32. The first-order chi connectivity index (χ1) is 22.0. The second-order valence-electron chi connectivity index (χ2n) is 12.8. The number of hydrogen-bond acceptors (Lipinski definition) is 6. The largest absolute Gasteiger partial charge is 0.462 e. The molecule has 0 aliphatic carbocycles. The van der Waals surface area contributed by atoms with Gasteiger partial charge in [-0.25, -0.2) is 0 Å². The molecular weight excluding hydrogens is 564 g/mol. The molecule has 264 valence electrons. The molecule has 0 heterocycles. The lowest BCUT2D eigenvalue weighted by atomic mass is 10.1. The third kappa shape index (κ3) is 33.3. The fourth-order valence-electron chi connectivity index (χ4n) is 5.32. The quantitative estimate of drug-likeness (QED) is 0.0303. The van der Waals surface area contributed by atoms with Crippen LogP contribution in [0.5, 0.6) is 0 Å². The monoisotopic (exact) mass is 637 g/mol. The van der Waals surface area contributed by atoms with Gasteiger partial charge in [0.1, 0.15) is 13.2 Å². The second-order valence-corrected chi connectivity index (χ2v) is 12.8. The summed E-state index contributed by atoms with van der Waals surface area (Å²) in [7, 11) is 0. The highest BCUT2D eigenvalue weighted by Gasteiger charge is 2.19. The van der Waals surface area contributed by atoms with Crippen molar-refractivity contribution in [1.29, 1.82) is 0 Å². The Morgan fingerprint density at radius 1 is 0.422 bits per heavy atom. The molecule has 0 aromatic heterocycles. The summed E-state index contributed by atoms with van der Waals surface area (Å²) in [5.74, 6) is -0.900. The highest BCUT2D eigenvalue weighted by Crippen LogP contribution is 2.13. The second kappa shape index (κ2) is 35.0. The molecule has 0 radical (unpaired) electrons. The number of allylic oxidation sites excluding steroid dienone is 2. The van der Waals surface area contributed by atoms with Gasteiger partial charge >= 0.3 is 17.9 Å². The zero-order valence-corrected chi connectivity index (χ0v) is 29.9. The lowest BCUT2D eigenvalue weighted by Gasteiger charge is -2.18. The zero-order chi connectivity index (χ0) is 33.1. The van der Waals surface area contributed by atoms with E-state index in [4.69, 9.17) is 14.2 Å². The SMILES string of the molecule is CCCCCCC/C=C\CCCCCCCC(=O)OCC(COC(=O)CCCCCCC)OC(=O)CCCCCCCCCC. The van der Waals surface area contributed by atoms with Gasteiger partial charge in [-0.15, -0.1) is 0 Å². The minimum atomic E-state index is -0.760. The van der Waals surface area contributed by atoms with E-state index < -0.39 is 6.10 Å². The summed E-state index contributed by atoms with van der Waals surface area (Å²) in [4.78, 5) is 37.1. The van der Waals surface area contributed by atoms with Crippen molar-refractivity contribution >= 4 is 17.9 Å². The van der Waals surface area contributed by atoms with Gasteiger partial charge < -0.3 is 14.2 Å². The molecule has 0 saturated heterocycles. The van der Waals surface area contributed by atoms with Gasteiger partial charge in [-0.3, -0.25) is 14.4 Å². The van der Waals surface area contributed by atoms with Gasteiger partial charge in [-0.1, -0.05) is 148 Å². The number of rotatable bonds is 34. The molecule has 0 aliphatic rings. The van der Waals surface area contributed by atoms with Crippen LogP contribution in [0.15, 0.2) is 12.2 Å². The Bertz CT molecular complexity index is 704. The van der Waals surface area contributed by atoms with Gasteiger partial charge in [0.05, 0.1) is 0 Å². The van der Waals surface area contributed by atoms with Crippen molar-refractivity contribution in [3.8, 4) is 0 Å². The van der Waals surface area contributed by atoms with Crippen molar-refractivity contribution < 1.29 is 28.6 Å². The van der Waals surface area contributed by atoms with Crippen LogP contribution in [0.4, 0.5) is 0 Å². The topological polar surface area (TPSA) is 78.9 Å². The molecule has 0 fully saturated rings. The van der Waals surface area contributed by atoms with Crippen LogP contribution in [0.2, 0.25) is 0 Å². The van der Waals surface area contributed by atoms with E-state index in [9.17, 15) is 14.4 Å². The van der Waals surface area contributed by atoms with Crippen molar-refractivity contribution in [2.45, 2.75) is 207 Å². The lowest BCUT2D eigenvalue weighted by Crippen LogP contribution is -2.30. The Balaban J connectivity index is 4.24. The van der Waals surface area contributed by atoms with Crippen LogP contribution in [-0.4, -0.2) is 37.2 Å². The first-order valence-corrected chi connectivity index (χ1v) is 19.2. The third-order valence-electron chi connectivity index (χ3n) is 8.27. The van der Waals surface area contributed by atoms with E-state index >= 15 is 0 Å². The van der Waals surface area contributed by atoms with E-state index in [0.717, 1.165) is 70.6 Å². The summed E-state index contributed by atoms with van der Waals surface area (Å²) in [5.41, 5.74) is 0. The third-order valence-corrected chi connectivity index (χ3v) is 8.27. The Morgan fingerprint density at radius 2 is 0.733 bits per heavy atom. The molecule has 0 aliphatic heterocycles. The van der Waals surface area contributed by atoms with Gasteiger partial charge in [0, 0.05) is 19.3 Å². The molecule has 45 heavy (non-hydrogen) atoms. The van der Waals surface area contributed by atoms with Crippen molar-refractivity contribution in [1.82, 2.24) is 0 Å². The Labute approximate surface area is 278 Å². The zero-order valence-electron chi connectivity index (χ0n) is 29.9. The van der Waals surface area contributed by atoms with E-state index in [-0.39, 0.29) is 31.1 Å². The lowest BCUT2D eigenvalue weighted by molar-refractivity contribution is -0.167. The normalized spacial score (nSPS) is 12.0. The molecule has 1 unspecified atom stereocenters. The van der Waals surface area contributed by atoms with Crippen molar-refractivity contribution in [2.75, 3.05) is 13.2 Å². The Morgan fingerprint density at radius 3 is 1.11 bits per heavy atom. The molecule has 0 amide bonds. The number of carbonyl (C=O) groups is 3. The highest BCUT2D eigenvalue weighted by atomic mass is 16.6. The molecule has 6 heteroatoms. The number of hydrogen-bond donors (Lipinski definition) is 0. The molecule has 0 saturated carbocycles. The van der Waals surface area contributed by atoms with E-state index in [1.807, 2.05) is 0 Å². The fraction of sp³-hybridized carbons (Fsp3) is 0.872. The van der Waals surface area contributed by atoms with Crippen LogP contribution in [0.1, 0.15) is 201 Å². The number of carbonyl (C=O) groups excluding carboxylic acids is 3. The Hall–Kier alpha value is -1.85. The summed E-state index contributed by atoms with van der Waals surface area (Å²) in [6.45, 7) is 6.49. The number of unbranched alkanes of at least 4 members (excludes halogenated alkanes) is 21. The van der Waals surface area contributed by atoms with Gasteiger partial charge in [-0.05, 0) is 44.9 Å². The number of esters is 3. The van der Waals surface area contributed by atoms with E-state index in [1.165, 1.54) is 89.9 Å². The molecule has 0 aromatic carbocycles. The first-order valence-electron chi connectivity index (χ1n) is 19.2. The molecule has 0 N–H and O–H groups in total. The average molecular weight is 637 g/mol. The standard InChI is InChI=1S/C39H72O6/c1-4-7-10-13-15-17-18-19-20-21-22-24-26-29-32-38(41)44-35-36(34-43-37(40)31-28-25-12-9-6-3)45-39(42)33-30-27-23-16-14-11-8-5-2/h18-19,36H,4-17,20-35H2,1-3H3/b19-18-. The molecule has 1 atom stereocenters. The molecular formula is C39H72O6. The summed E-state index contributed by atoms with van der Waals surface area (Å²) >= 11 is 0. The maximum atomic E-state index is 12.5. The van der Waals surface area contributed by atoms with Crippen molar-refractivity contribution in [3.63, 3.8) is 0 Å². The molecule has 0 bridgehead atoms. The average Bonchev–Trinajstić information content (AvgIpc) is 3.03. The maximum Gasteiger partial charge on any atom is 0.306 e. The van der Waals surface area contributed by atoms with E-state index in [0.29, 0.717) is 19.3 Å². The van der Waals surface area contributed by atoms with Crippen molar-refractivity contribution in [3.05, 3.63) is 12.2 Å². The van der Waals surface area contributed by atoms with Crippen LogP contribution < -0.4 is 0 Å². The highest BCUT2D eigenvalue weighted by molar-refractivity contribution is 5.71. The first kappa shape index (κ1) is 43.1. The van der Waals surface area contributed by atoms with Crippen molar-refractivity contribution in [2.24, 2.45) is 0 Å². The molecule has 0 spiro atoms. The molecule has 0 rings (SSSR count). The van der Waals surface area contributed by atoms with E-state index in [1.54, 1.807) is 0 Å². The predicted octanol–water partition coefficient (Wildman–Crippen LogP) is 11.5. The Kier molecular flexibility index (Phi) is 33.6. The van der Waals surface area contributed by atoms with Crippen LogP contribution in [-0.2, 0) is 28.6 Å². The minimum absolute atomic E-state index is 0.0719. The maximum absolute atomic E-state index is 12.5. The summed E-state index contributed by atoms with van der Waals surface area (Å²) < 4.78 is 16.5. The van der Waals surface area contributed by atoms with Crippen LogP contribution in [0, 0.1) is 0 Å². The molecule has 6 nitrogen and oxygen atoms in total. The minimum Gasteiger partial charge on any atom is -0.462 e. The summed E-state index contributed by atoms with van der Waals surface area (Å²) in [5, 5.41) is 0. The van der Waals surface area contributed by atoms with Crippen LogP contribution in [0.25, 0.3) is 0 Å². The van der Waals surface area contributed by atoms with Gasteiger partial charge in [0.25, 0.3) is 0 Å². The predicted molar refractivity (Wildman–Crippen MR) is 187 cm³/mol. The summed E-state index contributed by atoms with van der Waals surface area (Å²) in [6, 6.07) is 0. The van der Waals surface area contributed by atoms with Crippen LogP contribution >= 0.6 is 0 Å².